The Morgan fingerprint density at radius 3 is 2.18 bits per heavy atom. The fraction of sp³-hybridized carbons (Fsp3) is 0.429. The number of likely N-dealkylation sites (tertiary alicyclic amines) is 1. The first kappa shape index (κ1) is 11.8. The van der Waals surface area contributed by atoms with Gasteiger partial charge in [0.15, 0.2) is 0 Å². The summed E-state index contributed by atoms with van der Waals surface area (Å²) in [6.45, 7) is 3.86. The summed E-state index contributed by atoms with van der Waals surface area (Å²) in [4.78, 5) is 25.1. The molecule has 1 heterocycles. The fourth-order valence-electron chi connectivity index (χ4n) is 2.62. The van der Waals surface area contributed by atoms with Crippen molar-refractivity contribution in [2.45, 2.75) is 19.8 Å². The van der Waals surface area contributed by atoms with Gasteiger partial charge in [-0.3, -0.25) is 14.5 Å². The van der Waals surface area contributed by atoms with Crippen molar-refractivity contribution < 1.29 is 9.59 Å². The first-order valence-corrected chi connectivity index (χ1v) is 5.90. The van der Waals surface area contributed by atoms with Crippen LogP contribution in [0.25, 0.3) is 0 Å². The molecule has 1 aliphatic rings. The lowest BCUT2D eigenvalue weighted by Crippen LogP contribution is -2.27. The second kappa shape index (κ2) is 4.32. The standard InChI is InChI=1S/C14H17NO2/c1-9(11-7-5-4-6-8-11)12-10(2)13(16)15(3)14(12)17/h4-10,12H,1-3H3. The number of carbonyl (C=O) groups excluding carboxylic acids is 2. The summed E-state index contributed by atoms with van der Waals surface area (Å²) in [6, 6.07) is 9.89. The van der Waals surface area contributed by atoms with Crippen LogP contribution in [-0.4, -0.2) is 23.8 Å². The first-order chi connectivity index (χ1) is 8.04. The van der Waals surface area contributed by atoms with Gasteiger partial charge < -0.3 is 0 Å². The maximum atomic E-state index is 12.0. The zero-order valence-electron chi connectivity index (χ0n) is 10.4. The van der Waals surface area contributed by atoms with E-state index in [1.807, 2.05) is 44.2 Å². The van der Waals surface area contributed by atoms with Gasteiger partial charge in [-0.1, -0.05) is 44.2 Å². The number of nitrogens with zero attached hydrogens (tertiary/aromatic N) is 1. The normalized spacial score (nSPS) is 26.4. The van der Waals surface area contributed by atoms with Gasteiger partial charge in [0.25, 0.3) is 0 Å². The Bertz CT molecular complexity index is 441. The number of imide groups is 1. The Morgan fingerprint density at radius 2 is 1.71 bits per heavy atom. The third-order valence-corrected chi connectivity index (χ3v) is 3.74. The monoisotopic (exact) mass is 231 g/mol. The number of benzene rings is 1. The predicted molar refractivity (Wildman–Crippen MR) is 65.3 cm³/mol. The van der Waals surface area contributed by atoms with E-state index in [0.717, 1.165) is 5.56 Å². The Hall–Kier alpha value is -1.64. The predicted octanol–water partition coefficient (Wildman–Crippen LogP) is 2.04. The minimum atomic E-state index is -0.227. The van der Waals surface area contributed by atoms with Crippen LogP contribution in [0.4, 0.5) is 0 Å². The fourth-order valence-corrected chi connectivity index (χ4v) is 2.62. The second-order valence-electron chi connectivity index (χ2n) is 4.75. The third kappa shape index (κ3) is 1.86. The summed E-state index contributed by atoms with van der Waals surface area (Å²) < 4.78 is 0. The molecular formula is C14H17NO2. The van der Waals surface area contributed by atoms with E-state index in [1.54, 1.807) is 7.05 Å². The van der Waals surface area contributed by atoms with E-state index in [0.29, 0.717) is 0 Å². The van der Waals surface area contributed by atoms with Crippen molar-refractivity contribution in [2.75, 3.05) is 7.05 Å². The van der Waals surface area contributed by atoms with Gasteiger partial charge in [-0.25, -0.2) is 0 Å². The Kier molecular flexibility index (Phi) is 3.01. The Balaban J connectivity index is 2.29. The van der Waals surface area contributed by atoms with E-state index in [4.69, 9.17) is 0 Å². The lowest BCUT2D eigenvalue weighted by molar-refractivity contribution is -0.138. The molecule has 0 radical (unpaired) electrons. The van der Waals surface area contributed by atoms with Crippen molar-refractivity contribution in [1.29, 1.82) is 0 Å². The highest BCUT2D eigenvalue weighted by Gasteiger charge is 2.45. The molecule has 1 aliphatic heterocycles. The zero-order valence-corrected chi connectivity index (χ0v) is 10.4. The van der Waals surface area contributed by atoms with Gasteiger partial charge in [0.05, 0.1) is 5.92 Å². The van der Waals surface area contributed by atoms with Crippen molar-refractivity contribution in [1.82, 2.24) is 4.90 Å². The van der Waals surface area contributed by atoms with Crippen molar-refractivity contribution in [3.8, 4) is 0 Å². The Morgan fingerprint density at radius 1 is 1.12 bits per heavy atom. The van der Waals surface area contributed by atoms with Crippen molar-refractivity contribution >= 4 is 11.8 Å². The third-order valence-electron chi connectivity index (χ3n) is 3.74. The van der Waals surface area contributed by atoms with E-state index >= 15 is 0 Å². The van der Waals surface area contributed by atoms with Gasteiger partial charge in [-0.05, 0) is 11.5 Å². The zero-order chi connectivity index (χ0) is 12.6. The van der Waals surface area contributed by atoms with Crippen molar-refractivity contribution in [2.24, 2.45) is 11.8 Å². The van der Waals surface area contributed by atoms with E-state index in [1.165, 1.54) is 4.90 Å². The van der Waals surface area contributed by atoms with E-state index < -0.39 is 0 Å². The van der Waals surface area contributed by atoms with E-state index in [2.05, 4.69) is 0 Å². The topological polar surface area (TPSA) is 37.4 Å². The molecule has 0 spiro atoms. The molecule has 0 aliphatic carbocycles. The van der Waals surface area contributed by atoms with Gasteiger partial charge in [0.2, 0.25) is 11.8 Å². The first-order valence-electron chi connectivity index (χ1n) is 5.90. The smallest absolute Gasteiger partial charge is 0.233 e. The molecule has 1 aromatic carbocycles. The van der Waals surface area contributed by atoms with Crippen LogP contribution >= 0.6 is 0 Å². The molecule has 17 heavy (non-hydrogen) atoms. The maximum absolute atomic E-state index is 12.0. The average molecular weight is 231 g/mol. The van der Waals surface area contributed by atoms with Crippen LogP contribution in [0.15, 0.2) is 30.3 Å². The van der Waals surface area contributed by atoms with Crippen molar-refractivity contribution in [3.63, 3.8) is 0 Å². The number of hydrogen-bond donors (Lipinski definition) is 0. The number of rotatable bonds is 2. The summed E-state index contributed by atoms with van der Waals surface area (Å²) in [5.41, 5.74) is 1.11. The van der Waals surface area contributed by atoms with Crippen LogP contribution in [-0.2, 0) is 9.59 Å². The molecular weight excluding hydrogens is 214 g/mol. The summed E-state index contributed by atoms with van der Waals surface area (Å²) in [7, 11) is 1.57. The molecule has 2 amide bonds. The molecule has 1 aromatic rings. The lowest BCUT2D eigenvalue weighted by atomic mass is 9.81. The summed E-state index contributed by atoms with van der Waals surface area (Å²) in [6.07, 6.45) is 0. The van der Waals surface area contributed by atoms with Gasteiger partial charge >= 0.3 is 0 Å². The van der Waals surface area contributed by atoms with Crippen LogP contribution < -0.4 is 0 Å². The minimum Gasteiger partial charge on any atom is -0.285 e. The molecule has 1 saturated heterocycles. The van der Waals surface area contributed by atoms with Crippen LogP contribution in [0.3, 0.4) is 0 Å². The van der Waals surface area contributed by atoms with Gasteiger partial charge in [0.1, 0.15) is 0 Å². The van der Waals surface area contributed by atoms with Gasteiger partial charge in [-0.2, -0.15) is 0 Å². The molecule has 0 saturated carbocycles. The molecule has 90 valence electrons. The van der Waals surface area contributed by atoms with Gasteiger partial charge in [-0.15, -0.1) is 0 Å². The van der Waals surface area contributed by atoms with E-state index in [9.17, 15) is 9.59 Å². The van der Waals surface area contributed by atoms with Crippen LogP contribution in [0.1, 0.15) is 25.3 Å². The number of carbonyl (C=O) groups is 2. The van der Waals surface area contributed by atoms with Crippen LogP contribution in [0, 0.1) is 11.8 Å². The summed E-state index contributed by atoms with van der Waals surface area (Å²) in [5.74, 6) is -0.494. The van der Waals surface area contributed by atoms with E-state index in [-0.39, 0.29) is 29.6 Å². The largest absolute Gasteiger partial charge is 0.285 e. The summed E-state index contributed by atoms with van der Waals surface area (Å²) >= 11 is 0. The Labute approximate surface area is 101 Å². The highest BCUT2D eigenvalue weighted by Crippen LogP contribution is 2.36. The highest BCUT2D eigenvalue weighted by atomic mass is 16.2. The molecule has 0 bridgehead atoms. The van der Waals surface area contributed by atoms with Gasteiger partial charge in [0, 0.05) is 13.0 Å². The SMILES string of the molecule is CC1C(=O)N(C)C(=O)C1C(C)c1ccccc1. The van der Waals surface area contributed by atoms with Crippen LogP contribution in [0.5, 0.6) is 0 Å². The molecule has 0 aromatic heterocycles. The van der Waals surface area contributed by atoms with Crippen molar-refractivity contribution in [3.05, 3.63) is 35.9 Å². The molecule has 1 fully saturated rings. The molecule has 3 unspecified atom stereocenters. The maximum Gasteiger partial charge on any atom is 0.233 e. The average Bonchev–Trinajstić information content (AvgIpc) is 2.54. The van der Waals surface area contributed by atoms with Crippen LogP contribution in [0.2, 0.25) is 0 Å². The molecule has 3 nitrogen and oxygen atoms in total. The molecule has 3 atom stereocenters. The highest BCUT2D eigenvalue weighted by molar-refractivity contribution is 6.05. The molecule has 2 rings (SSSR count). The minimum absolute atomic E-state index is 0.0566. The number of amides is 2. The number of hydrogen-bond acceptors (Lipinski definition) is 2. The second-order valence-corrected chi connectivity index (χ2v) is 4.75. The summed E-state index contributed by atoms with van der Waals surface area (Å²) in [5, 5.41) is 0. The lowest BCUT2D eigenvalue weighted by Gasteiger charge is -2.20. The quantitative estimate of drug-likeness (QED) is 0.730. The molecule has 3 heteroatoms. The molecule has 0 N–H and O–H groups in total.